The average Bonchev–Trinajstić information content (AvgIpc) is 3.18. The first-order valence-electron chi connectivity index (χ1n) is 5.42. The second-order valence-corrected chi connectivity index (χ2v) is 2.96. The third-order valence-corrected chi connectivity index (χ3v) is 1.32. The summed E-state index contributed by atoms with van der Waals surface area (Å²) < 4.78 is 0. The molecule has 8 nitrogen and oxygen atoms in total. The Morgan fingerprint density at radius 3 is 1.15 bits per heavy atom. The molecule has 3 rings (SSSR count). The molecule has 0 aliphatic carbocycles. The molecular weight excluding hydrogens is 271 g/mol. The molecule has 0 aromatic heterocycles. The number of hydrogen-bond donors (Lipinski definition) is 1. The molecule has 1 N–H and O–H groups in total. The molecule has 0 aromatic rings. The van der Waals surface area contributed by atoms with E-state index in [0.717, 1.165) is 26.6 Å². The normalized spacial score (nSPS) is 14.4. The van der Waals surface area contributed by atoms with E-state index in [0.29, 0.717) is 0 Å². The Bertz CT molecular complexity index is 329. The zero-order valence-electron chi connectivity index (χ0n) is 10.6. The van der Waals surface area contributed by atoms with Crippen LogP contribution >= 0.6 is 0 Å². The van der Waals surface area contributed by atoms with Crippen molar-refractivity contribution in [1.82, 2.24) is 0 Å². The van der Waals surface area contributed by atoms with Crippen molar-refractivity contribution < 1.29 is 9.90 Å². The van der Waals surface area contributed by atoms with E-state index in [-0.39, 0.29) is 29.6 Å². The molecule has 0 unspecified atom stereocenters. The van der Waals surface area contributed by atoms with Gasteiger partial charge in [0.25, 0.3) is 5.97 Å². The molecule has 9 heteroatoms. The predicted octanol–water partition coefficient (Wildman–Crippen LogP) is -0.260. The molecule has 0 atom stereocenters. The fraction of sp³-hybridized carbons (Fsp3) is 0.364. The number of aliphatic carboxylic acids is 1. The maximum atomic E-state index is 9.00. The van der Waals surface area contributed by atoms with Gasteiger partial charge in [-0.2, -0.15) is 0 Å². The maximum absolute atomic E-state index is 9.00. The van der Waals surface area contributed by atoms with Crippen LogP contribution in [0.2, 0.25) is 0 Å². The van der Waals surface area contributed by atoms with Crippen LogP contribution in [0.1, 0.15) is 6.92 Å². The summed E-state index contributed by atoms with van der Waals surface area (Å²) in [5.74, 6) is -0.833. The molecule has 0 aromatic carbocycles. The summed E-state index contributed by atoms with van der Waals surface area (Å²) >= 11 is 0. The molecule has 0 spiro atoms. The van der Waals surface area contributed by atoms with Crippen molar-refractivity contribution in [2.45, 2.75) is 6.92 Å². The number of carbonyl (C=O) groups is 1. The Balaban J connectivity index is 0. The minimum absolute atomic E-state index is 0. The summed E-state index contributed by atoms with van der Waals surface area (Å²) in [4.78, 5) is 31.2. The van der Waals surface area contributed by atoms with Crippen LogP contribution in [0.5, 0.6) is 0 Å². The van der Waals surface area contributed by atoms with Crippen LogP contribution in [-0.4, -0.2) is 97.9 Å². The molecular formula is C11H17N6NaO2. The third kappa shape index (κ3) is 21.7. The van der Waals surface area contributed by atoms with Gasteiger partial charge >= 0.3 is 29.6 Å². The van der Waals surface area contributed by atoms with Crippen molar-refractivity contribution in [2.75, 3.05) is 19.6 Å². The van der Waals surface area contributed by atoms with E-state index in [9.17, 15) is 0 Å². The van der Waals surface area contributed by atoms with Gasteiger partial charge in [-0.1, -0.05) is 0 Å². The van der Waals surface area contributed by atoms with Crippen molar-refractivity contribution in [1.29, 1.82) is 0 Å². The van der Waals surface area contributed by atoms with Gasteiger partial charge < -0.3 is 5.11 Å². The van der Waals surface area contributed by atoms with E-state index in [2.05, 4.69) is 30.0 Å². The van der Waals surface area contributed by atoms with Gasteiger partial charge in [0.2, 0.25) is 0 Å². The van der Waals surface area contributed by atoms with Gasteiger partial charge in [-0.3, -0.25) is 19.8 Å². The van der Waals surface area contributed by atoms with Crippen molar-refractivity contribution in [3.63, 3.8) is 0 Å². The monoisotopic (exact) mass is 288 g/mol. The van der Waals surface area contributed by atoms with E-state index in [1.807, 2.05) is 0 Å². The molecule has 3 aliphatic rings. The van der Waals surface area contributed by atoms with E-state index >= 15 is 0 Å². The molecule has 20 heavy (non-hydrogen) atoms. The predicted molar refractivity (Wildman–Crippen MR) is 86.0 cm³/mol. The van der Waals surface area contributed by atoms with Crippen molar-refractivity contribution >= 4 is 73.2 Å². The van der Waals surface area contributed by atoms with Gasteiger partial charge in [-0.05, 0) is 0 Å². The fourth-order valence-electron chi connectivity index (χ4n) is 0.707. The van der Waals surface area contributed by atoms with Crippen LogP contribution < -0.4 is 0 Å². The number of aliphatic imine (C=N–C) groups is 6. The molecule has 0 amide bonds. The zero-order chi connectivity index (χ0) is 14.2. The zero-order valence-corrected chi connectivity index (χ0v) is 10.6. The van der Waals surface area contributed by atoms with Crippen LogP contribution in [0.3, 0.4) is 0 Å². The van der Waals surface area contributed by atoms with Gasteiger partial charge in [0.15, 0.2) is 0 Å². The second-order valence-electron chi connectivity index (χ2n) is 2.96. The first kappa shape index (κ1) is 20.8. The van der Waals surface area contributed by atoms with Gasteiger partial charge in [0, 0.05) is 25.6 Å². The summed E-state index contributed by atoms with van der Waals surface area (Å²) in [7, 11) is 0. The summed E-state index contributed by atoms with van der Waals surface area (Å²) in [5, 5.41) is 7.42. The van der Waals surface area contributed by atoms with E-state index in [1.165, 1.54) is 0 Å². The van der Waals surface area contributed by atoms with Gasteiger partial charge in [-0.25, -0.2) is 15.0 Å². The Labute approximate surface area is 139 Å². The van der Waals surface area contributed by atoms with Crippen molar-refractivity contribution in [2.24, 2.45) is 30.0 Å². The molecule has 0 saturated heterocycles. The van der Waals surface area contributed by atoms with Gasteiger partial charge in [0.05, 0.1) is 19.6 Å². The number of carboxylic acid groups (broad SMARTS) is 1. The molecule has 0 radical (unpaired) electrons. The van der Waals surface area contributed by atoms with E-state index < -0.39 is 5.97 Å². The molecule has 0 bridgehead atoms. The molecule has 104 valence electrons. The summed E-state index contributed by atoms with van der Waals surface area (Å²) in [6, 6.07) is 0. The number of nitrogens with zero attached hydrogens (tertiary/aromatic N) is 6. The summed E-state index contributed by atoms with van der Waals surface area (Å²) in [5.41, 5.74) is 0. The fourth-order valence-corrected chi connectivity index (χ4v) is 0.707. The van der Waals surface area contributed by atoms with Crippen molar-refractivity contribution in [3.8, 4) is 0 Å². The van der Waals surface area contributed by atoms with Gasteiger partial charge in [0.1, 0.15) is 19.0 Å². The Hall–Kier alpha value is -1.51. The van der Waals surface area contributed by atoms with Crippen LogP contribution in [0.25, 0.3) is 0 Å². The van der Waals surface area contributed by atoms with Crippen molar-refractivity contribution in [3.05, 3.63) is 0 Å². The van der Waals surface area contributed by atoms with Gasteiger partial charge in [-0.15, -0.1) is 0 Å². The SMILES string of the molecule is C1=NC=NC1.C1=NC=NC1.C1=NC=NC1.CC(=O)O.[NaH]. The van der Waals surface area contributed by atoms with Crippen LogP contribution in [0.4, 0.5) is 0 Å². The Morgan fingerprint density at radius 2 is 1.10 bits per heavy atom. The summed E-state index contributed by atoms with van der Waals surface area (Å²) in [6.07, 6.45) is 9.96. The topological polar surface area (TPSA) is 111 Å². The number of carboxylic acids is 1. The van der Waals surface area contributed by atoms with E-state index in [1.54, 1.807) is 37.7 Å². The van der Waals surface area contributed by atoms with E-state index in [4.69, 9.17) is 9.90 Å². The Kier molecular flexibility index (Phi) is 18.2. The first-order chi connectivity index (χ1) is 9.23. The van der Waals surface area contributed by atoms with Crippen LogP contribution in [0.15, 0.2) is 30.0 Å². The molecule has 0 saturated carbocycles. The third-order valence-electron chi connectivity index (χ3n) is 1.32. The molecule has 3 aliphatic heterocycles. The number of rotatable bonds is 0. The minimum atomic E-state index is -0.833. The Morgan fingerprint density at radius 1 is 0.850 bits per heavy atom. The quantitative estimate of drug-likeness (QED) is 0.619. The molecule has 0 fully saturated rings. The molecule has 3 heterocycles. The van der Waals surface area contributed by atoms with Crippen LogP contribution in [0, 0.1) is 0 Å². The van der Waals surface area contributed by atoms with Crippen LogP contribution in [-0.2, 0) is 4.79 Å². The summed E-state index contributed by atoms with van der Waals surface area (Å²) in [6.45, 7) is 3.42. The average molecular weight is 288 g/mol. The second kappa shape index (κ2) is 17.5. The standard InChI is InChI=1S/3C3H4N2.C2H4O2.Na.H/c3*1-2-5-3-4-1;1-2(3)4;;/h3*1,3H,2H2;1H3,(H,3,4);;. The first-order valence-corrected chi connectivity index (χ1v) is 5.42. The number of hydrogen-bond acceptors (Lipinski definition) is 7.